The number of primary amides is 1. The summed E-state index contributed by atoms with van der Waals surface area (Å²) in [6, 6.07) is 11.8. The number of carbonyl (C=O) groups is 1. The molecule has 1 amide bonds. The first-order valence-corrected chi connectivity index (χ1v) is 9.65. The molecule has 2 rings (SSSR count). The van der Waals surface area contributed by atoms with Crippen LogP contribution in [-0.4, -0.2) is 28.5 Å². The number of nitriles is 1. The van der Waals surface area contributed by atoms with Crippen LogP contribution in [-0.2, 0) is 11.8 Å². The summed E-state index contributed by atoms with van der Waals surface area (Å²) in [5.41, 5.74) is 9.04. The predicted molar refractivity (Wildman–Crippen MR) is 120 cm³/mol. The van der Waals surface area contributed by atoms with Crippen LogP contribution >= 0.6 is 0 Å². The lowest BCUT2D eigenvalue weighted by atomic mass is 10.1. The first-order chi connectivity index (χ1) is 13.9. The van der Waals surface area contributed by atoms with Crippen LogP contribution < -0.4 is 16.2 Å². The number of hydrogen-bond donors (Lipinski definition) is 1. The van der Waals surface area contributed by atoms with E-state index in [0.29, 0.717) is 0 Å². The van der Waals surface area contributed by atoms with Crippen molar-refractivity contribution < 1.29 is 4.79 Å². The van der Waals surface area contributed by atoms with Crippen molar-refractivity contribution in [1.82, 2.24) is 9.47 Å². The molecule has 0 atom stereocenters. The van der Waals surface area contributed by atoms with Gasteiger partial charge in [0.05, 0.1) is 0 Å². The average Bonchev–Trinajstić information content (AvgIpc) is 3.07. The number of hydrogen-bond acceptors (Lipinski definition) is 3. The average molecular weight is 389 g/mol. The van der Waals surface area contributed by atoms with E-state index in [1.807, 2.05) is 42.8 Å². The van der Waals surface area contributed by atoms with Crippen LogP contribution in [0.2, 0.25) is 0 Å². The molecule has 1 aromatic carbocycles. The molecule has 0 aliphatic carbocycles. The lowest BCUT2D eigenvalue weighted by Gasteiger charge is -2.22. The third kappa shape index (κ3) is 4.85. The molecule has 1 heterocycles. The van der Waals surface area contributed by atoms with E-state index in [-0.39, 0.29) is 5.57 Å². The van der Waals surface area contributed by atoms with E-state index in [9.17, 15) is 4.79 Å². The second-order valence-corrected chi connectivity index (χ2v) is 6.68. The molecule has 0 fully saturated rings. The van der Waals surface area contributed by atoms with Gasteiger partial charge >= 0.3 is 0 Å². The Hall–Kier alpha value is -3.52. The zero-order valence-corrected chi connectivity index (χ0v) is 17.6. The molecule has 1 aromatic heterocycles. The molecule has 0 bridgehead atoms. The first-order valence-electron chi connectivity index (χ1n) is 9.65. The number of nitrogens with zero attached hydrogens (tertiary/aromatic N) is 3. The van der Waals surface area contributed by atoms with Gasteiger partial charge in [-0.2, -0.15) is 5.26 Å². The van der Waals surface area contributed by atoms with E-state index in [1.165, 1.54) is 11.8 Å². The Balaban J connectivity index is 2.47. The van der Waals surface area contributed by atoms with Crippen molar-refractivity contribution in [1.29, 1.82) is 5.26 Å². The van der Waals surface area contributed by atoms with Gasteiger partial charge in [-0.25, -0.2) is 0 Å². The summed E-state index contributed by atoms with van der Waals surface area (Å²) in [7, 11) is 1.89. The van der Waals surface area contributed by atoms with Crippen LogP contribution in [0, 0.1) is 11.3 Å². The van der Waals surface area contributed by atoms with Crippen molar-refractivity contribution in [3.05, 3.63) is 63.8 Å². The number of nitrogens with two attached hydrogens (primary N) is 1. The zero-order valence-electron chi connectivity index (χ0n) is 17.6. The third-order valence-corrected chi connectivity index (χ3v) is 5.01. The van der Waals surface area contributed by atoms with E-state index < -0.39 is 5.91 Å². The van der Waals surface area contributed by atoms with Crippen LogP contribution in [0.15, 0.2) is 47.7 Å². The lowest BCUT2D eigenvalue weighted by Crippen LogP contribution is -2.27. The monoisotopic (exact) mass is 388 g/mol. The second kappa shape index (κ2) is 9.61. The van der Waals surface area contributed by atoms with Crippen molar-refractivity contribution in [3.8, 4) is 17.3 Å². The Morgan fingerprint density at radius 3 is 2.48 bits per heavy atom. The maximum absolute atomic E-state index is 11.3. The van der Waals surface area contributed by atoms with Gasteiger partial charge in [-0.3, -0.25) is 4.79 Å². The summed E-state index contributed by atoms with van der Waals surface area (Å²) in [5, 5.41) is 11.1. The van der Waals surface area contributed by atoms with Gasteiger partial charge < -0.3 is 15.2 Å². The van der Waals surface area contributed by atoms with Crippen LogP contribution in [0.5, 0.6) is 0 Å². The van der Waals surface area contributed by atoms with Crippen molar-refractivity contribution in [2.24, 2.45) is 12.8 Å². The fourth-order valence-electron chi connectivity index (χ4n) is 3.28. The summed E-state index contributed by atoms with van der Waals surface area (Å²) in [4.78, 5) is 13.6. The van der Waals surface area contributed by atoms with Gasteiger partial charge in [0.25, 0.3) is 5.91 Å². The summed E-state index contributed by atoms with van der Waals surface area (Å²) < 4.78 is 1.92. The van der Waals surface area contributed by atoms with Gasteiger partial charge in [0.15, 0.2) is 0 Å². The zero-order chi connectivity index (χ0) is 21.6. The topological polar surface area (TPSA) is 75.0 Å². The highest BCUT2D eigenvalue weighted by Crippen LogP contribution is 2.21. The molecule has 29 heavy (non-hydrogen) atoms. The fourth-order valence-corrected chi connectivity index (χ4v) is 3.28. The van der Waals surface area contributed by atoms with E-state index in [1.54, 1.807) is 0 Å². The molecule has 0 saturated heterocycles. The minimum atomic E-state index is -0.733. The number of aromatic nitrogens is 1. The standard InChI is InChI=1S/C24H28N4O/c1-6-21(28(7-2)8-3)14-18-9-10-19(13-17(18)4)23-12-11-22(27(23)5)15-20(16-25)24(26)29/h6,9-15H,4,7-8H2,1-3,5H3,(H2,26,29)/b18-14-,20-15+,21-6?. The third-order valence-electron chi connectivity index (χ3n) is 5.01. The van der Waals surface area contributed by atoms with Gasteiger partial charge in [-0.05, 0) is 67.1 Å². The van der Waals surface area contributed by atoms with Gasteiger partial charge in [0, 0.05) is 37.2 Å². The van der Waals surface area contributed by atoms with E-state index in [4.69, 9.17) is 11.0 Å². The molecule has 0 aliphatic rings. The van der Waals surface area contributed by atoms with E-state index in [2.05, 4.69) is 49.6 Å². The molecule has 5 heteroatoms. The fraction of sp³-hybridized carbons (Fsp3) is 0.250. The normalized spacial score (nSPS) is 12.7. The summed E-state index contributed by atoms with van der Waals surface area (Å²) in [6.45, 7) is 12.5. The molecule has 0 spiro atoms. The van der Waals surface area contributed by atoms with E-state index >= 15 is 0 Å². The molecule has 2 N–H and O–H groups in total. The highest BCUT2D eigenvalue weighted by molar-refractivity contribution is 6.00. The number of rotatable bonds is 7. The largest absolute Gasteiger partial charge is 0.372 e. The molecule has 2 aromatic rings. The lowest BCUT2D eigenvalue weighted by molar-refractivity contribution is -0.114. The summed E-state index contributed by atoms with van der Waals surface area (Å²) in [5.74, 6) is -0.733. The highest BCUT2D eigenvalue weighted by atomic mass is 16.1. The Labute approximate surface area is 172 Å². The predicted octanol–water partition coefficient (Wildman–Crippen LogP) is 2.52. The quantitative estimate of drug-likeness (QED) is 0.585. The minimum absolute atomic E-state index is 0.0733. The number of amides is 1. The Morgan fingerprint density at radius 2 is 1.97 bits per heavy atom. The van der Waals surface area contributed by atoms with Crippen LogP contribution in [0.1, 0.15) is 26.5 Å². The Morgan fingerprint density at radius 1 is 1.28 bits per heavy atom. The van der Waals surface area contributed by atoms with Crippen LogP contribution in [0.25, 0.3) is 30.0 Å². The maximum Gasteiger partial charge on any atom is 0.259 e. The van der Waals surface area contributed by atoms with Gasteiger partial charge in [0.2, 0.25) is 0 Å². The smallest absolute Gasteiger partial charge is 0.259 e. The van der Waals surface area contributed by atoms with Crippen LogP contribution in [0.4, 0.5) is 0 Å². The minimum Gasteiger partial charge on any atom is -0.372 e. The van der Waals surface area contributed by atoms with Crippen LogP contribution in [0.3, 0.4) is 0 Å². The number of allylic oxidation sites excluding steroid dienone is 2. The molecular formula is C24H28N4O. The number of carbonyl (C=O) groups excluding carboxylic acids is 1. The van der Waals surface area contributed by atoms with Crippen molar-refractivity contribution in [2.45, 2.75) is 20.8 Å². The molecule has 0 radical (unpaired) electrons. The van der Waals surface area contributed by atoms with Gasteiger partial charge in [-0.1, -0.05) is 24.8 Å². The summed E-state index contributed by atoms with van der Waals surface area (Å²) in [6.07, 6.45) is 5.77. The van der Waals surface area contributed by atoms with Crippen molar-refractivity contribution in [3.63, 3.8) is 0 Å². The molecule has 0 aliphatic heterocycles. The molecule has 150 valence electrons. The molecular weight excluding hydrogens is 360 g/mol. The SMILES string of the molecule is C=c1cc(-c2ccc(/C=C(\C#N)C(N)=O)n2C)cc/c1=C/C(=CC)N(CC)CC. The molecule has 5 nitrogen and oxygen atoms in total. The van der Waals surface area contributed by atoms with Crippen molar-refractivity contribution in [2.75, 3.05) is 13.1 Å². The first kappa shape index (κ1) is 21.8. The Bertz CT molecular complexity index is 1110. The Kier molecular flexibility index (Phi) is 7.21. The van der Waals surface area contributed by atoms with Gasteiger partial charge in [-0.15, -0.1) is 0 Å². The number of benzene rings is 1. The molecule has 0 unspecified atom stereocenters. The van der Waals surface area contributed by atoms with Crippen molar-refractivity contribution >= 4 is 24.6 Å². The van der Waals surface area contributed by atoms with E-state index in [0.717, 1.165) is 40.5 Å². The summed E-state index contributed by atoms with van der Waals surface area (Å²) >= 11 is 0. The maximum atomic E-state index is 11.3. The second-order valence-electron chi connectivity index (χ2n) is 6.68. The molecule has 0 saturated carbocycles. The highest BCUT2D eigenvalue weighted by Gasteiger charge is 2.09. The van der Waals surface area contributed by atoms with Gasteiger partial charge in [0.1, 0.15) is 11.6 Å².